The third kappa shape index (κ3) is 2.85. The average molecular weight is 308 g/mol. The van der Waals surface area contributed by atoms with Crippen LogP contribution in [0.5, 0.6) is 0 Å². The molecule has 2 aromatic rings. The first-order chi connectivity index (χ1) is 8.61. The van der Waals surface area contributed by atoms with Crippen molar-refractivity contribution < 1.29 is 4.42 Å². The molecule has 0 spiro atoms. The number of nitrogens with one attached hydrogen (secondary N) is 1. The van der Waals surface area contributed by atoms with Gasteiger partial charge in [0.15, 0.2) is 0 Å². The van der Waals surface area contributed by atoms with Crippen molar-refractivity contribution >= 4 is 15.9 Å². The zero-order chi connectivity index (χ0) is 13.1. The van der Waals surface area contributed by atoms with Crippen LogP contribution in [0.1, 0.15) is 35.4 Å². The van der Waals surface area contributed by atoms with Crippen LogP contribution in [0.25, 0.3) is 0 Å². The van der Waals surface area contributed by atoms with Gasteiger partial charge in [0, 0.05) is 0 Å². The summed E-state index contributed by atoms with van der Waals surface area (Å²) in [5.74, 6) is 0.932. The fraction of sp³-hybridized carbons (Fsp3) is 0.333. The lowest BCUT2D eigenvalue weighted by Gasteiger charge is -2.18. The summed E-state index contributed by atoms with van der Waals surface area (Å²) in [4.78, 5) is 0. The van der Waals surface area contributed by atoms with Crippen LogP contribution in [0.2, 0.25) is 0 Å². The maximum absolute atomic E-state index is 5.60. The first-order valence-corrected chi connectivity index (χ1v) is 6.95. The van der Waals surface area contributed by atoms with Crippen LogP contribution in [0, 0.1) is 13.8 Å². The maximum Gasteiger partial charge on any atom is 0.139 e. The van der Waals surface area contributed by atoms with Crippen LogP contribution >= 0.6 is 15.9 Å². The van der Waals surface area contributed by atoms with Crippen LogP contribution in [0.4, 0.5) is 0 Å². The topological polar surface area (TPSA) is 25.2 Å². The molecular weight excluding hydrogens is 290 g/mol. The molecule has 1 heterocycles. The van der Waals surface area contributed by atoms with Crippen LogP contribution in [-0.2, 0) is 0 Å². The Morgan fingerprint density at radius 1 is 1.22 bits per heavy atom. The number of hydrogen-bond acceptors (Lipinski definition) is 2. The predicted molar refractivity (Wildman–Crippen MR) is 77.8 cm³/mol. The molecule has 1 unspecified atom stereocenters. The van der Waals surface area contributed by atoms with Gasteiger partial charge in [-0.3, -0.25) is 0 Å². The summed E-state index contributed by atoms with van der Waals surface area (Å²) in [5.41, 5.74) is 3.79. The lowest BCUT2D eigenvalue weighted by molar-refractivity contribution is 0.449. The molecule has 2 nitrogen and oxygen atoms in total. The molecule has 0 fully saturated rings. The minimum absolute atomic E-state index is 0.0953. The van der Waals surface area contributed by atoms with Crippen molar-refractivity contribution in [2.24, 2.45) is 0 Å². The molecule has 1 aromatic carbocycles. The molecule has 1 aromatic heterocycles. The van der Waals surface area contributed by atoms with Gasteiger partial charge in [0.25, 0.3) is 0 Å². The third-order valence-corrected chi connectivity index (χ3v) is 3.55. The van der Waals surface area contributed by atoms with Crippen LogP contribution in [0.3, 0.4) is 0 Å². The second-order valence-corrected chi connectivity index (χ2v) is 5.40. The molecule has 18 heavy (non-hydrogen) atoms. The molecule has 0 saturated heterocycles. The number of hydrogen-bond donors (Lipinski definition) is 1. The minimum Gasteiger partial charge on any atom is -0.466 e. The van der Waals surface area contributed by atoms with Gasteiger partial charge in [0.1, 0.15) is 5.76 Å². The largest absolute Gasteiger partial charge is 0.466 e. The van der Waals surface area contributed by atoms with Crippen LogP contribution in [-0.4, -0.2) is 6.54 Å². The van der Waals surface area contributed by atoms with Gasteiger partial charge >= 0.3 is 0 Å². The second kappa shape index (κ2) is 5.72. The molecule has 1 atom stereocenters. The van der Waals surface area contributed by atoms with E-state index in [4.69, 9.17) is 4.42 Å². The zero-order valence-electron chi connectivity index (χ0n) is 11.0. The highest BCUT2D eigenvalue weighted by Crippen LogP contribution is 2.30. The first-order valence-electron chi connectivity index (χ1n) is 6.16. The SMILES string of the molecule is CCNC(c1cc(C)cc(C)c1)c1occc1Br. The van der Waals surface area contributed by atoms with E-state index in [1.54, 1.807) is 6.26 Å². The van der Waals surface area contributed by atoms with Gasteiger partial charge in [-0.25, -0.2) is 0 Å². The minimum atomic E-state index is 0.0953. The van der Waals surface area contributed by atoms with E-state index in [-0.39, 0.29) is 6.04 Å². The Morgan fingerprint density at radius 2 is 1.89 bits per heavy atom. The molecule has 3 heteroatoms. The lowest BCUT2D eigenvalue weighted by atomic mass is 9.99. The van der Waals surface area contributed by atoms with Gasteiger partial charge in [-0.2, -0.15) is 0 Å². The van der Waals surface area contributed by atoms with E-state index in [0.717, 1.165) is 16.8 Å². The molecule has 0 aliphatic carbocycles. The molecular formula is C15H18BrNO. The van der Waals surface area contributed by atoms with E-state index in [1.807, 2.05) is 6.07 Å². The summed E-state index contributed by atoms with van der Waals surface area (Å²) < 4.78 is 6.61. The molecule has 96 valence electrons. The van der Waals surface area contributed by atoms with Crippen LogP contribution < -0.4 is 5.32 Å². The van der Waals surface area contributed by atoms with Gasteiger partial charge in [0.2, 0.25) is 0 Å². The fourth-order valence-electron chi connectivity index (χ4n) is 2.25. The number of halogens is 1. The zero-order valence-corrected chi connectivity index (χ0v) is 12.5. The Balaban J connectivity index is 2.44. The Bertz CT molecular complexity index is 513. The van der Waals surface area contributed by atoms with Crippen molar-refractivity contribution in [2.75, 3.05) is 6.54 Å². The molecule has 1 N–H and O–H groups in total. The molecule has 0 saturated carbocycles. The summed E-state index contributed by atoms with van der Waals surface area (Å²) in [6.07, 6.45) is 1.71. The van der Waals surface area contributed by atoms with Crippen molar-refractivity contribution in [3.05, 3.63) is 57.5 Å². The van der Waals surface area contributed by atoms with E-state index in [1.165, 1.54) is 16.7 Å². The highest BCUT2D eigenvalue weighted by Gasteiger charge is 2.19. The number of benzene rings is 1. The van der Waals surface area contributed by atoms with Crippen molar-refractivity contribution in [1.82, 2.24) is 5.32 Å². The molecule has 0 amide bonds. The standard InChI is InChI=1S/C15H18BrNO/c1-4-17-14(15-13(16)5-6-18-15)12-8-10(2)7-11(3)9-12/h5-9,14,17H,4H2,1-3H3. The van der Waals surface area contributed by atoms with Crippen molar-refractivity contribution in [1.29, 1.82) is 0 Å². The van der Waals surface area contributed by atoms with Crippen molar-refractivity contribution in [2.45, 2.75) is 26.8 Å². The summed E-state index contributed by atoms with van der Waals surface area (Å²) in [7, 11) is 0. The Kier molecular flexibility index (Phi) is 4.25. The van der Waals surface area contributed by atoms with E-state index >= 15 is 0 Å². The highest BCUT2D eigenvalue weighted by molar-refractivity contribution is 9.10. The van der Waals surface area contributed by atoms with Gasteiger partial charge < -0.3 is 9.73 Å². The Morgan fingerprint density at radius 3 is 2.39 bits per heavy atom. The van der Waals surface area contributed by atoms with Gasteiger partial charge in [-0.15, -0.1) is 0 Å². The van der Waals surface area contributed by atoms with E-state index < -0.39 is 0 Å². The van der Waals surface area contributed by atoms with Crippen LogP contribution in [0.15, 0.2) is 39.4 Å². The quantitative estimate of drug-likeness (QED) is 0.908. The number of furan rings is 1. The maximum atomic E-state index is 5.60. The second-order valence-electron chi connectivity index (χ2n) is 4.54. The average Bonchev–Trinajstić information content (AvgIpc) is 2.71. The monoisotopic (exact) mass is 307 g/mol. The van der Waals surface area contributed by atoms with E-state index in [0.29, 0.717) is 0 Å². The smallest absolute Gasteiger partial charge is 0.139 e. The van der Waals surface area contributed by atoms with Crippen molar-refractivity contribution in [3.63, 3.8) is 0 Å². The summed E-state index contributed by atoms with van der Waals surface area (Å²) in [6, 6.07) is 8.62. The van der Waals surface area contributed by atoms with Gasteiger partial charge in [-0.05, 0) is 48.0 Å². The molecule has 0 bridgehead atoms. The van der Waals surface area contributed by atoms with Gasteiger partial charge in [-0.1, -0.05) is 36.2 Å². The van der Waals surface area contributed by atoms with E-state index in [9.17, 15) is 0 Å². The van der Waals surface area contributed by atoms with Gasteiger partial charge in [0.05, 0.1) is 16.8 Å². The number of rotatable bonds is 4. The molecule has 0 radical (unpaired) electrons. The van der Waals surface area contributed by atoms with E-state index in [2.05, 4.69) is 60.2 Å². The fourth-order valence-corrected chi connectivity index (χ4v) is 2.68. The lowest BCUT2D eigenvalue weighted by Crippen LogP contribution is -2.22. The molecule has 0 aliphatic rings. The normalized spacial score (nSPS) is 12.7. The molecule has 0 aliphatic heterocycles. The van der Waals surface area contributed by atoms with Crippen molar-refractivity contribution in [3.8, 4) is 0 Å². The Labute approximate surface area is 117 Å². The summed E-state index contributed by atoms with van der Waals surface area (Å²) in [6.45, 7) is 7.24. The Hall–Kier alpha value is -1.06. The summed E-state index contributed by atoms with van der Waals surface area (Å²) in [5, 5.41) is 3.47. The predicted octanol–water partition coefficient (Wildman–Crippen LogP) is 4.36. The third-order valence-electron chi connectivity index (χ3n) is 2.89. The highest BCUT2D eigenvalue weighted by atomic mass is 79.9. The summed E-state index contributed by atoms with van der Waals surface area (Å²) >= 11 is 3.54. The first kappa shape index (κ1) is 13.4. The number of aryl methyl sites for hydroxylation is 2. The molecule has 2 rings (SSSR count).